The number of carbonyl (C=O) groups is 1. The predicted molar refractivity (Wildman–Crippen MR) is 83.1 cm³/mol. The summed E-state index contributed by atoms with van der Waals surface area (Å²) in [6.45, 7) is 5.86. The number of halogens is 1. The smallest absolute Gasteiger partial charge is 0.308 e. The molecule has 0 saturated carbocycles. The summed E-state index contributed by atoms with van der Waals surface area (Å²) in [5.74, 6) is -0.823. The Labute approximate surface area is 133 Å². The molecule has 0 radical (unpaired) electrons. The van der Waals surface area contributed by atoms with Gasteiger partial charge in [-0.2, -0.15) is 5.10 Å². The van der Waals surface area contributed by atoms with Gasteiger partial charge in [-0.05, 0) is 48.5 Å². The van der Waals surface area contributed by atoms with Crippen LogP contribution in [0.2, 0.25) is 0 Å². The van der Waals surface area contributed by atoms with Crippen molar-refractivity contribution >= 4 is 21.9 Å². The molecule has 6 heteroatoms. The highest BCUT2D eigenvalue weighted by atomic mass is 79.9. The van der Waals surface area contributed by atoms with Crippen molar-refractivity contribution in [2.45, 2.75) is 64.7 Å². The van der Waals surface area contributed by atoms with Gasteiger partial charge in [0.05, 0.1) is 21.8 Å². The maximum absolute atomic E-state index is 11.4. The van der Waals surface area contributed by atoms with E-state index in [4.69, 9.17) is 0 Å². The van der Waals surface area contributed by atoms with E-state index in [1.165, 1.54) is 5.69 Å². The average Bonchev–Trinajstić information content (AvgIpc) is 3.12. The van der Waals surface area contributed by atoms with Gasteiger partial charge in [0.1, 0.15) is 0 Å². The van der Waals surface area contributed by atoms with Gasteiger partial charge in [-0.15, -0.1) is 0 Å². The molecule has 2 saturated heterocycles. The standard InChI is InChI=1S/C15H22BrN3O2/c1-3-11-14(16)13(19(4-2)17-11)8-18-9-5-6-12(18)10(7-9)15(20)21/h9-10,12H,3-8H2,1-2H3,(H,20,21). The molecule has 3 heterocycles. The molecule has 3 unspecified atom stereocenters. The Kier molecular flexibility index (Phi) is 4.10. The van der Waals surface area contributed by atoms with Crippen molar-refractivity contribution in [1.29, 1.82) is 0 Å². The molecule has 1 N–H and O–H groups in total. The molecule has 2 aliphatic heterocycles. The number of aromatic nitrogens is 2. The van der Waals surface area contributed by atoms with E-state index in [1.807, 2.05) is 0 Å². The number of nitrogens with zero attached hydrogens (tertiary/aromatic N) is 3. The largest absolute Gasteiger partial charge is 0.481 e. The lowest BCUT2D eigenvalue weighted by Crippen LogP contribution is -2.33. The fraction of sp³-hybridized carbons (Fsp3) is 0.733. The molecule has 2 fully saturated rings. The second kappa shape index (κ2) is 5.72. The molecule has 5 nitrogen and oxygen atoms in total. The normalized spacial score (nSPS) is 28.4. The maximum atomic E-state index is 11.4. The highest BCUT2D eigenvalue weighted by Crippen LogP contribution is 2.43. The molecule has 1 aromatic heterocycles. The number of carboxylic acid groups (broad SMARTS) is 1. The third-order valence-electron chi connectivity index (χ3n) is 5.02. The van der Waals surface area contributed by atoms with Crippen molar-refractivity contribution in [3.05, 3.63) is 15.9 Å². The van der Waals surface area contributed by atoms with Crippen molar-refractivity contribution < 1.29 is 9.90 Å². The summed E-state index contributed by atoms with van der Waals surface area (Å²) in [5.41, 5.74) is 2.28. The molecule has 0 amide bonds. The third kappa shape index (κ3) is 2.42. The summed E-state index contributed by atoms with van der Waals surface area (Å²) in [6, 6.07) is 0.623. The van der Waals surface area contributed by atoms with Crippen LogP contribution in [0.1, 0.15) is 44.5 Å². The average molecular weight is 356 g/mol. The van der Waals surface area contributed by atoms with E-state index in [1.54, 1.807) is 0 Å². The molecule has 116 valence electrons. The van der Waals surface area contributed by atoms with E-state index in [0.29, 0.717) is 6.04 Å². The molecule has 1 aromatic rings. The first-order chi connectivity index (χ1) is 10.1. The molecule has 3 rings (SSSR count). The summed E-state index contributed by atoms with van der Waals surface area (Å²) >= 11 is 3.69. The lowest BCUT2D eigenvalue weighted by Gasteiger charge is -2.23. The fourth-order valence-corrected chi connectivity index (χ4v) is 4.64. The van der Waals surface area contributed by atoms with Crippen LogP contribution in [0.25, 0.3) is 0 Å². The van der Waals surface area contributed by atoms with Gasteiger partial charge in [0.25, 0.3) is 0 Å². The Balaban J connectivity index is 1.85. The van der Waals surface area contributed by atoms with E-state index in [-0.39, 0.29) is 12.0 Å². The molecule has 3 atom stereocenters. The molecule has 2 bridgehead atoms. The summed E-state index contributed by atoms with van der Waals surface area (Å²) in [6.07, 6.45) is 3.86. The molecule has 2 aliphatic rings. The van der Waals surface area contributed by atoms with E-state index in [0.717, 1.165) is 48.9 Å². The number of hydrogen-bond acceptors (Lipinski definition) is 3. The number of rotatable bonds is 5. The maximum Gasteiger partial charge on any atom is 0.308 e. The van der Waals surface area contributed by atoms with Crippen molar-refractivity contribution in [3.63, 3.8) is 0 Å². The zero-order chi connectivity index (χ0) is 15.1. The second-order valence-corrected chi connectivity index (χ2v) is 6.82. The van der Waals surface area contributed by atoms with Gasteiger partial charge in [-0.1, -0.05) is 6.92 Å². The lowest BCUT2D eigenvalue weighted by molar-refractivity contribution is -0.142. The second-order valence-electron chi connectivity index (χ2n) is 6.03. The van der Waals surface area contributed by atoms with E-state index in [9.17, 15) is 9.90 Å². The third-order valence-corrected chi connectivity index (χ3v) is 5.94. The van der Waals surface area contributed by atoms with Crippen LogP contribution in [0, 0.1) is 5.92 Å². The van der Waals surface area contributed by atoms with Gasteiger partial charge in [0, 0.05) is 25.2 Å². The molecule has 0 aromatic carbocycles. The molecule has 0 spiro atoms. The molecule has 0 aliphatic carbocycles. The predicted octanol–water partition coefficient (Wildman–Crippen LogP) is 2.67. The van der Waals surface area contributed by atoms with Crippen LogP contribution in [0.4, 0.5) is 0 Å². The minimum atomic E-state index is -0.635. The van der Waals surface area contributed by atoms with E-state index < -0.39 is 5.97 Å². The lowest BCUT2D eigenvalue weighted by atomic mass is 9.89. The molecule has 21 heavy (non-hydrogen) atoms. The first-order valence-corrected chi connectivity index (χ1v) is 8.58. The first kappa shape index (κ1) is 15.0. The zero-order valence-corrected chi connectivity index (χ0v) is 14.1. The van der Waals surface area contributed by atoms with Crippen molar-refractivity contribution in [3.8, 4) is 0 Å². The van der Waals surface area contributed by atoms with E-state index >= 15 is 0 Å². The van der Waals surface area contributed by atoms with Crippen molar-refractivity contribution in [2.75, 3.05) is 0 Å². The molecular weight excluding hydrogens is 334 g/mol. The van der Waals surface area contributed by atoms with Crippen LogP contribution in [0.15, 0.2) is 4.47 Å². The van der Waals surface area contributed by atoms with Crippen molar-refractivity contribution in [1.82, 2.24) is 14.7 Å². The summed E-state index contributed by atoms with van der Waals surface area (Å²) in [7, 11) is 0. The van der Waals surface area contributed by atoms with Gasteiger partial charge >= 0.3 is 5.97 Å². The Morgan fingerprint density at radius 3 is 2.76 bits per heavy atom. The Morgan fingerprint density at radius 1 is 1.43 bits per heavy atom. The number of aliphatic carboxylic acids is 1. The van der Waals surface area contributed by atoms with Crippen LogP contribution in [0.3, 0.4) is 0 Å². The minimum Gasteiger partial charge on any atom is -0.481 e. The first-order valence-electron chi connectivity index (χ1n) is 7.79. The topological polar surface area (TPSA) is 58.4 Å². The van der Waals surface area contributed by atoms with E-state index in [2.05, 4.69) is 44.5 Å². The van der Waals surface area contributed by atoms with Crippen LogP contribution in [-0.4, -0.2) is 37.8 Å². The Hall–Kier alpha value is -0.880. The quantitative estimate of drug-likeness (QED) is 0.881. The van der Waals surface area contributed by atoms with Gasteiger partial charge < -0.3 is 5.11 Å². The van der Waals surface area contributed by atoms with Gasteiger partial charge in [-0.3, -0.25) is 14.4 Å². The van der Waals surface area contributed by atoms with Gasteiger partial charge in [0.2, 0.25) is 0 Å². The van der Waals surface area contributed by atoms with Crippen LogP contribution in [0.5, 0.6) is 0 Å². The minimum absolute atomic E-state index is 0.189. The number of fused-ring (bicyclic) bond motifs is 2. The van der Waals surface area contributed by atoms with Crippen molar-refractivity contribution in [2.24, 2.45) is 5.92 Å². The van der Waals surface area contributed by atoms with Gasteiger partial charge in [-0.25, -0.2) is 0 Å². The highest BCUT2D eigenvalue weighted by Gasteiger charge is 2.49. The van der Waals surface area contributed by atoms with Crippen LogP contribution >= 0.6 is 15.9 Å². The summed E-state index contributed by atoms with van der Waals surface area (Å²) in [4.78, 5) is 13.8. The molecular formula is C15H22BrN3O2. The number of carboxylic acids is 1. The highest BCUT2D eigenvalue weighted by molar-refractivity contribution is 9.10. The number of aryl methyl sites for hydroxylation is 2. The zero-order valence-electron chi connectivity index (χ0n) is 12.5. The number of hydrogen-bond donors (Lipinski definition) is 1. The summed E-state index contributed by atoms with van der Waals surface area (Å²) in [5, 5.41) is 14.0. The van der Waals surface area contributed by atoms with Gasteiger partial charge in [0.15, 0.2) is 0 Å². The van der Waals surface area contributed by atoms with Crippen LogP contribution < -0.4 is 0 Å². The monoisotopic (exact) mass is 355 g/mol. The Morgan fingerprint density at radius 2 is 2.19 bits per heavy atom. The van der Waals surface area contributed by atoms with Crippen LogP contribution in [-0.2, 0) is 24.3 Å². The Bertz CT molecular complexity index is 557. The SMILES string of the molecule is CCc1nn(CC)c(CN2C3CCC2C(C(=O)O)C3)c1Br. The fourth-order valence-electron chi connectivity index (χ4n) is 3.95. The summed E-state index contributed by atoms with van der Waals surface area (Å²) < 4.78 is 3.15.